The van der Waals surface area contributed by atoms with Crippen molar-refractivity contribution in [1.82, 2.24) is 13.9 Å². The summed E-state index contributed by atoms with van der Waals surface area (Å²) in [5.74, 6) is -1.07. The van der Waals surface area contributed by atoms with E-state index in [1.54, 1.807) is 6.08 Å². The zero-order valence-corrected chi connectivity index (χ0v) is 18.3. The normalized spacial score (nSPS) is 15.6. The molecule has 0 atom stereocenters. The quantitative estimate of drug-likeness (QED) is 0.603. The maximum atomic E-state index is 13.8. The van der Waals surface area contributed by atoms with E-state index >= 15 is 0 Å². The number of aliphatic carboxylic acids is 1. The number of rotatable bonds is 5. The molecule has 0 spiro atoms. The highest BCUT2D eigenvalue weighted by atomic mass is 32.2. The molecular formula is C22H20F3N3O4S. The van der Waals surface area contributed by atoms with Gasteiger partial charge in [0.1, 0.15) is 0 Å². The molecule has 33 heavy (non-hydrogen) atoms. The molecule has 0 saturated heterocycles. The molecule has 11 heteroatoms. The Balaban J connectivity index is 1.80. The molecule has 1 aromatic carbocycles. The Morgan fingerprint density at radius 1 is 1.18 bits per heavy atom. The summed E-state index contributed by atoms with van der Waals surface area (Å²) in [6.45, 7) is 0.409. The number of sulfonamides is 1. The van der Waals surface area contributed by atoms with Gasteiger partial charge < -0.3 is 5.11 Å². The summed E-state index contributed by atoms with van der Waals surface area (Å²) in [6.07, 6.45) is 1.18. The van der Waals surface area contributed by atoms with E-state index in [4.69, 9.17) is 5.11 Å². The summed E-state index contributed by atoms with van der Waals surface area (Å²) in [7, 11) is -3.35. The van der Waals surface area contributed by atoms with Crippen molar-refractivity contribution in [2.75, 3.05) is 19.3 Å². The lowest BCUT2D eigenvalue weighted by Crippen LogP contribution is -2.33. The van der Waals surface area contributed by atoms with Crippen LogP contribution in [0.2, 0.25) is 0 Å². The SMILES string of the molecule is CS(=O)(=O)N1CC=C(c2ccc(C(F)(F)F)c(-c3ccn4ncc(CC(=O)O)c4c3)c2)CC1. The fraction of sp³-hybridized carbons (Fsp3) is 0.273. The van der Waals surface area contributed by atoms with Crippen LogP contribution in [-0.2, 0) is 27.4 Å². The summed E-state index contributed by atoms with van der Waals surface area (Å²) in [6, 6.07) is 6.86. The molecule has 0 saturated carbocycles. The van der Waals surface area contributed by atoms with Gasteiger partial charge in [0, 0.05) is 24.8 Å². The third kappa shape index (κ3) is 4.79. The average Bonchev–Trinajstić information content (AvgIpc) is 3.13. The first-order chi connectivity index (χ1) is 15.4. The highest BCUT2D eigenvalue weighted by molar-refractivity contribution is 7.88. The monoisotopic (exact) mass is 479 g/mol. The number of carbonyl (C=O) groups is 1. The number of nitrogens with zero attached hydrogens (tertiary/aromatic N) is 3. The van der Waals surface area contributed by atoms with Crippen molar-refractivity contribution in [1.29, 1.82) is 0 Å². The number of carboxylic acid groups (broad SMARTS) is 1. The van der Waals surface area contributed by atoms with Gasteiger partial charge in [-0.05, 0) is 52.9 Å². The molecule has 1 aliphatic heterocycles. The van der Waals surface area contributed by atoms with Gasteiger partial charge in [-0.3, -0.25) is 4.79 Å². The van der Waals surface area contributed by atoms with E-state index in [2.05, 4.69) is 5.10 Å². The molecule has 3 aromatic rings. The fourth-order valence-electron chi connectivity index (χ4n) is 3.94. The minimum Gasteiger partial charge on any atom is -0.481 e. The van der Waals surface area contributed by atoms with Gasteiger partial charge in [-0.1, -0.05) is 12.1 Å². The molecule has 0 radical (unpaired) electrons. The van der Waals surface area contributed by atoms with Gasteiger partial charge >= 0.3 is 12.1 Å². The second-order valence-electron chi connectivity index (χ2n) is 7.84. The number of fused-ring (bicyclic) bond motifs is 1. The van der Waals surface area contributed by atoms with E-state index in [-0.39, 0.29) is 30.6 Å². The van der Waals surface area contributed by atoms with Crippen molar-refractivity contribution in [3.8, 4) is 11.1 Å². The van der Waals surface area contributed by atoms with Crippen molar-refractivity contribution in [3.63, 3.8) is 0 Å². The largest absolute Gasteiger partial charge is 0.481 e. The van der Waals surface area contributed by atoms with Crippen LogP contribution in [0.4, 0.5) is 13.2 Å². The predicted molar refractivity (Wildman–Crippen MR) is 116 cm³/mol. The third-order valence-corrected chi connectivity index (χ3v) is 6.86. The molecule has 0 unspecified atom stereocenters. The molecule has 3 heterocycles. The van der Waals surface area contributed by atoms with Crippen LogP contribution in [-0.4, -0.2) is 52.8 Å². The number of halogens is 3. The molecule has 0 amide bonds. The summed E-state index contributed by atoms with van der Waals surface area (Å²) in [5, 5.41) is 13.2. The zero-order chi connectivity index (χ0) is 24.0. The van der Waals surface area contributed by atoms with E-state index in [1.807, 2.05) is 0 Å². The standard InChI is InChI=1S/C22H20F3N3O4S/c1-33(31,32)27-7-4-14(5-8-27)15-2-3-19(22(23,24)25)18(10-15)16-6-9-28-20(11-16)17(13-26-28)12-21(29)30/h2-4,6,9-11,13H,5,7-8,12H2,1H3,(H,29,30). The molecule has 2 aromatic heterocycles. The van der Waals surface area contributed by atoms with Crippen LogP contribution in [0.15, 0.2) is 48.8 Å². The Labute approximate surface area is 187 Å². The van der Waals surface area contributed by atoms with Crippen molar-refractivity contribution in [2.45, 2.75) is 19.0 Å². The number of hydrogen-bond donors (Lipinski definition) is 1. The number of carboxylic acids is 1. The van der Waals surface area contributed by atoms with Crippen molar-refractivity contribution < 1.29 is 31.5 Å². The second-order valence-corrected chi connectivity index (χ2v) is 9.83. The molecule has 4 rings (SSSR count). The van der Waals surface area contributed by atoms with Gasteiger partial charge in [0.25, 0.3) is 0 Å². The lowest BCUT2D eigenvalue weighted by atomic mass is 9.92. The van der Waals surface area contributed by atoms with E-state index in [0.29, 0.717) is 23.1 Å². The Hall–Kier alpha value is -3.18. The van der Waals surface area contributed by atoms with E-state index in [9.17, 15) is 26.4 Å². The number of alkyl halides is 3. The second kappa shape index (κ2) is 8.31. The van der Waals surface area contributed by atoms with Gasteiger partial charge in [-0.15, -0.1) is 0 Å². The van der Waals surface area contributed by atoms with Crippen LogP contribution in [0.1, 0.15) is 23.1 Å². The number of hydrogen-bond acceptors (Lipinski definition) is 4. The molecule has 174 valence electrons. The Bertz CT molecular complexity index is 1380. The molecule has 0 aliphatic carbocycles. The Kier molecular flexibility index (Phi) is 5.79. The Morgan fingerprint density at radius 3 is 2.55 bits per heavy atom. The van der Waals surface area contributed by atoms with Crippen LogP contribution in [0.25, 0.3) is 22.2 Å². The fourth-order valence-corrected chi connectivity index (χ4v) is 4.71. The molecular weight excluding hydrogens is 459 g/mol. The third-order valence-electron chi connectivity index (χ3n) is 5.59. The van der Waals surface area contributed by atoms with Crippen LogP contribution in [0.3, 0.4) is 0 Å². The topological polar surface area (TPSA) is 92.0 Å². The van der Waals surface area contributed by atoms with Gasteiger partial charge in [0.15, 0.2) is 0 Å². The first-order valence-electron chi connectivity index (χ1n) is 9.97. The highest BCUT2D eigenvalue weighted by Gasteiger charge is 2.34. The van der Waals surface area contributed by atoms with Gasteiger partial charge in [0.2, 0.25) is 10.0 Å². The molecule has 1 aliphatic rings. The average molecular weight is 479 g/mol. The lowest BCUT2D eigenvalue weighted by molar-refractivity contribution is -0.137. The minimum absolute atomic E-state index is 0.0450. The first kappa shape index (κ1) is 23.0. The van der Waals surface area contributed by atoms with Gasteiger partial charge in [-0.2, -0.15) is 22.6 Å². The smallest absolute Gasteiger partial charge is 0.417 e. The van der Waals surface area contributed by atoms with E-state index in [0.717, 1.165) is 17.9 Å². The number of pyridine rings is 1. The van der Waals surface area contributed by atoms with Crippen LogP contribution in [0.5, 0.6) is 0 Å². The summed E-state index contributed by atoms with van der Waals surface area (Å²) < 4.78 is 67.6. The zero-order valence-electron chi connectivity index (χ0n) is 17.5. The van der Waals surface area contributed by atoms with E-state index < -0.39 is 27.7 Å². The first-order valence-corrected chi connectivity index (χ1v) is 11.8. The Morgan fingerprint density at radius 2 is 1.94 bits per heavy atom. The van der Waals surface area contributed by atoms with Crippen LogP contribution >= 0.6 is 0 Å². The molecule has 1 N–H and O–H groups in total. The molecule has 7 nitrogen and oxygen atoms in total. The predicted octanol–water partition coefficient (Wildman–Crippen LogP) is 3.70. The van der Waals surface area contributed by atoms with Gasteiger partial charge in [0.05, 0.1) is 30.0 Å². The highest BCUT2D eigenvalue weighted by Crippen LogP contribution is 2.39. The van der Waals surface area contributed by atoms with Crippen LogP contribution < -0.4 is 0 Å². The maximum Gasteiger partial charge on any atom is 0.417 e. The summed E-state index contributed by atoms with van der Waals surface area (Å²) >= 11 is 0. The molecule has 0 bridgehead atoms. The summed E-state index contributed by atoms with van der Waals surface area (Å²) in [4.78, 5) is 11.1. The van der Waals surface area contributed by atoms with Crippen molar-refractivity contribution >= 4 is 27.1 Å². The van der Waals surface area contributed by atoms with Crippen molar-refractivity contribution in [2.24, 2.45) is 0 Å². The minimum atomic E-state index is -4.60. The molecule has 0 fully saturated rings. The van der Waals surface area contributed by atoms with Crippen molar-refractivity contribution in [3.05, 3.63) is 65.5 Å². The van der Waals surface area contributed by atoms with Gasteiger partial charge in [-0.25, -0.2) is 12.9 Å². The maximum absolute atomic E-state index is 13.8. The van der Waals surface area contributed by atoms with E-state index in [1.165, 1.54) is 45.5 Å². The lowest BCUT2D eigenvalue weighted by Gasteiger charge is -2.25. The van der Waals surface area contributed by atoms with Crippen LogP contribution in [0, 0.1) is 0 Å². The summed E-state index contributed by atoms with van der Waals surface area (Å²) in [5.41, 5.74) is 1.56. The number of benzene rings is 1. The number of aromatic nitrogens is 2.